The summed E-state index contributed by atoms with van der Waals surface area (Å²) in [6, 6.07) is 2.04. The van der Waals surface area contributed by atoms with Gasteiger partial charge in [0.25, 0.3) is 0 Å². The maximum atomic E-state index is 5.62. The van der Waals surface area contributed by atoms with Crippen LogP contribution in [0.5, 0.6) is 0 Å². The van der Waals surface area contributed by atoms with Crippen molar-refractivity contribution in [2.45, 2.75) is 31.6 Å². The first-order chi connectivity index (χ1) is 8.76. The van der Waals surface area contributed by atoms with Crippen LogP contribution in [-0.2, 0) is 26.6 Å². The van der Waals surface area contributed by atoms with Gasteiger partial charge in [0.15, 0.2) is 5.16 Å². The van der Waals surface area contributed by atoms with Gasteiger partial charge in [-0.05, 0) is 19.4 Å². The Morgan fingerprint density at radius 3 is 2.83 bits per heavy atom. The largest absolute Gasteiger partial charge is 0.324 e. The van der Waals surface area contributed by atoms with Crippen molar-refractivity contribution in [2.24, 2.45) is 12.8 Å². The number of aryl methyl sites for hydroxylation is 2. The number of hydrogen-bond donors (Lipinski definition) is 1. The summed E-state index contributed by atoms with van der Waals surface area (Å²) in [6.45, 7) is 3.37. The molecule has 0 radical (unpaired) electrons. The Bertz CT molecular complexity index is 503. The third-order valence-corrected chi connectivity index (χ3v) is 3.77. The second-order valence-electron chi connectivity index (χ2n) is 3.89. The van der Waals surface area contributed by atoms with Gasteiger partial charge in [0, 0.05) is 31.2 Å². The number of rotatable bonds is 6. The van der Waals surface area contributed by atoms with Crippen molar-refractivity contribution >= 4 is 11.8 Å². The molecule has 0 aromatic carbocycles. The molecule has 0 saturated carbocycles. The maximum absolute atomic E-state index is 5.62. The molecule has 0 amide bonds. The van der Waals surface area contributed by atoms with Crippen LogP contribution >= 0.6 is 11.8 Å². The zero-order valence-electron chi connectivity index (χ0n) is 10.7. The Kier molecular flexibility index (Phi) is 4.38. The van der Waals surface area contributed by atoms with Crippen LogP contribution in [0.15, 0.2) is 17.4 Å². The Labute approximate surface area is 111 Å². The zero-order valence-corrected chi connectivity index (χ0v) is 11.5. The van der Waals surface area contributed by atoms with E-state index in [1.54, 1.807) is 11.8 Å². The molecule has 0 unspecified atom stereocenters. The monoisotopic (exact) mass is 266 g/mol. The molecule has 2 heterocycles. The van der Waals surface area contributed by atoms with E-state index in [0.717, 1.165) is 29.7 Å². The molecular formula is C11H18N6S. The third-order valence-electron chi connectivity index (χ3n) is 2.80. The second-order valence-corrected chi connectivity index (χ2v) is 4.95. The first kappa shape index (κ1) is 13.1. The molecule has 0 aliphatic heterocycles. The molecule has 0 spiro atoms. The highest BCUT2D eigenvalue weighted by molar-refractivity contribution is 7.99. The van der Waals surface area contributed by atoms with Crippen molar-refractivity contribution in [3.05, 3.63) is 23.8 Å². The fraction of sp³-hybridized carbons (Fsp3) is 0.545. The van der Waals surface area contributed by atoms with Gasteiger partial charge >= 0.3 is 0 Å². The van der Waals surface area contributed by atoms with Crippen LogP contribution < -0.4 is 5.73 Å². The minimum atomic E-state index is 0.434. The molecule has 2 N–H and O–H groups in total. The van der Waals surface area contributed by atoms with Crippen LogP contribution in [0.2, 0.25) is 0 Å². The van der Waals surface area contributed by atoms with E-state index in [-0.39, 0.29) is 0 Å². The fourth-order valence-corrected chi connectivity index (χ4v) is 2.77. The molecule has 0 aliphatic carbocycles. The summed E-state index contributed by atoms with van der Waals surface area (Å²) in [5.74, 6) is 1.81. The Morgan fingerprint density at radius 2 is 2.22 bits per heavy atom. The van der Waals surface area contributed by atoms with Gasteiger partial charge in [-0.15, -0.1) is 10.2 Å². The highest BCUT2D eigenvalue weighted by Gasteiger charge is 2.09. The van der Waals surface area contributed by atoms with Crippen LogP contribution in [0.25, 0.3) is 0 Å². The average molecular weight is 266 g/mol. The van der Waals surface area contributed by atoms with E-state index in [2.05, 4.69) is 26.8 Å². The lowest BCUT2D eigenvalue weighted by molar-refractivity contribution is 0.642. The summed E-state index contributed by atoms with van der Waals surface area (Å²) < 4.78 is 3.96. The van der Waals surface area contributed by atoms with Crippen molar-refractivity contribution in [3.63, 3.8) is 0 Å². The summed E-state index contributed by atoms with van der Waals surface area (Å²) in [5, 5.41) is 13.4. The van der Waals surface area contributed by atoms with Crippen molar-refractivity contribution in [1.82, 2.24) is 24.5 Å². The normalized spacial score (nSPS) is 11.1. The topological polar surface area (TPSA) is 74.6 Å². The predicted octanol–water partition coefficient (Wildman–Crippen LogP) is 0.825. The second kappa shape index (κ2) is 6.01. The van der Waals surface area contributed by atoms with E-state index < -0.39 is 0 Å². The Balaban J connectivity index is 1.94. The summed E-state index contributed by atoms with van der Waals surface area (Å²) >= 11 is 1.71. The number of thioether (sulfide) groups is 1. The molecule has 2 aromatic rings. The smallest absolute Gasteiger partial charge is 0.191 e. The third kappa shape index (κ3) is 2.73. The fourth-order valence-electron chi connectivity index (χ4n) is 1.79. The molecule has 0 atom stereocenters. The first-order valence-electron chi connectivity index (χ1n) is 5.98. The van der Waals surface area contributed by atoms with Gasteiger partial charge in [-0.25, -0.2) is 0 Å². The number of hydrogen-bond acceptors (Lipinski definition) is 5. The Hall–Kier alpha value is -1.34. The SMILES string of the molecule is CCn1c(CN)nnc1SCCc1ccnn1C. The lowest BCUT2D eigenvalue weighted by Crippen LogP contribution is -2.08. The number of aromatic nitrogens is 5. The molecule has 98 valence electrons. The molecule has 0 saturated heterocycles. The standard InChI is InChI=1S/C11H18N6S/c1-3-17-10(8-12)14-15-11(17)18-7-5-9-4-6-13-16(9)2/h4,6H,3,5,7-8,12H2,1-2H3. The molecule has 2 rings (SSSR count). The quantitative estimate of drug-likeness (QED) is 0.784. The van der Waals surface area contributed by atoms with Gasteiger partial charge in [0.1, 0.15) is 5.82 Å². The lowest BCUT2D eigenvalue weighted by atomic mass is 10.3. The van der Waals surface area contributed by atoms with Crippen LogP contribution in [0.3, 0.4) is 0 Å². The van der Waals surface area contributed by atoms with E-state index in [4.69, 9.17) is 5.73 Å². The molecular weight excluding hydrogens is 248 g/mol. The van der Waals surface area contributed by atoms with E-state index in [9.17, 15) is 0 Å². The lowest BCUT2D eigenvalue weighted by Gasteiger charge is -2.05. The zero-order chi connectivity index (χ0) is 13.0. The van der Waals surface area contributed by atoms with Gasteiger partial charge < -0.3 is 10.3 Å². The van der Waals surface area contributed by atoms with Crippen LogP contribution in [0.4, 0.5) is 0 Å². The summed E-state index contributed by atoms with van der Waals surface area (Å²) in [5.41, 5.74) is 6.85. The first-order valence-corrected chi connectivity index (χ1v) is 6.96. The van der Waals surface area contributed by atoms with Gasteiger partial charge in [0.05, 0.1) is 6.54 Å². The molecule has 0 fully saturated rings. The molecule has 18 heavy (non-hydrogen) atoms. The van der Waals surface area contributed by atoms with Gasteiger partial charge in [-0.1, -0.05) is 11.8 Å². The van der Waals surface area contributed by atoms with Crippen molar-refractivity contribution in [2.75, 3.05) is 5.75 Å². The van der Waals surface area contributed by atoms with Crippen LogP contribution in [0, 0.1) is 0 Å². The number of nitrogens with zero attached hydrogens (tertiary/aromatic N) is 5. The predicted molar refractivity (Wildman–Crippen MR) is 71.2 cm³/mol. The van der Waals surface area contributed by atoms with E-state index in [0.29, 0.717) is 6.54 Å². The summed E-state index contributed by atoms with van der Waals surface area (Å²) in [7, 11) is 1.96. The number of nitrogens with two attached hydrogens (primary N) is 1. The van der Waals surface area contributed by atoms with Crippen molar-refractivity contribution in [1.29, 1.82) is 0 Å². The molecule has 0 bridgehead atoms. The minimum absolute atomic E-state index is 0.434. The minimum Gasteiger partial charge on any atom is -0.324 e. The van der Waals surface area contributed by atoms with Crippen LogP contribution in [-0.4, -0.2) is 30.3 Å². The molecule has 7 heteroatoms. The summed E-state index contributed by atoms with van der Waals surface area (Å²) in [4.78, 5) is 0. The van der Waals surface area contributed by atoms with E-state index in [1.165, 1.54) is 5.69 Å². The maximum Gasteiger partial charge on any atom is 0.191 e. The van der Waals surface area contributed by atoms with Crippen molar-refractivity contribution < 1.29 is 0 Å². The summed E-state index contributed by atoms with van der Waals surface area (Å²) in [6.07, 6.45) is 2.79. The highest BCUT2D eigenvalue weighted by atomic mass is 32.2. The van der Waals surface area contributed by atoms with E-state index in [1.807, 2.05) is 24.0 Å². The van der Waals surface area contributed by atoms with Gasteiger partial charge in [-0.2, -0.15) is 5.10 Å². The van der Waals surface area contributed by atoms with Gasteiger partial charge in [0.2, 0.25) is 0 Å². The van der Waals surface area contributed by atoms with Crippen LogP contribution in [0.1, 0.15) is 18.4 Å². The van der Waals surface area contributed by atoms with Gasteiger partial charge in [-0.3, -0.25) is 4.68 Å². The Morgan fingerprint density at radius 1 is 1.39 bits per heavy atom. The van der Waals surface area contributed by atoms with Crippen molar-refractivity contribution in [3.8, 4) is 0 Å². The molecule has 0 aliphatic rings. The van der Waals surface area contributed by atoms with E-state index >= 15 is 0 Å². The molecule has 2 aromatic heterocycles. The average Bonchev–Trinajstić information content (AvgIpc) is 2.96. The highest BCUT2D eigenvalue weighted by Crippen LogP contribution is 2.18. The molecule has 6 nitrogen and oxygen atoms in total.